The lowest BCUT2D eigenvalue weighted by Crippen LogP contribution is -2.37. The van der Waals surface area contributed by atoms with Gasteiger partial charge in [-0.15, -0.1) is 0 Å². The van der Waals surface area contributed by atoms with Gasteiger partial charge >= 0.3 is 0 Å². The molecule has 1 N–H and O–H groups in total. The van der Waals surface area contributed by atoms with Gasteiger partial charge in [0, 0.05) is 31.4 Å². The highest BCUT2D eigenvalue weighted by atomic mass is 16.5. The van der Waals surface area contributed by atoms with Gasteiger partial charge < -0.3 is 15.0 Å². The number of rotatable bonds is 9. The second-order valence-electron chi connectivity index (χ2n) is 7.22. The number of nitrogens with one attached hydrogen (secondary N) is 1. The summed E-state index contributed by atoms with van der Waals surface area (Å²) in [5.41, 5.74) is 2.34. The van der Waals surface area contributed by atoms with E-state index in [1.165, 1.54) is 5.56 Å². The van der Waals surface area contributed by atoms with E-state index in [0.29, 0.717) is 6.61 Å². The molecule has 0 fully saturated rings. The van der Waals surface area contributed by atoms with E-state index in [0.717, 1.165) is 31.1 Å². The second kappa shape index (κ2) is 8.81. The normalized spacial score (nSPS) is 11.7. The Morgan fingerprint density at radius 1 is 1.08 bits per heavy atom. The molecule has 0 aliphatic rings. The molecule has 24 heavy (non-hydrogen) atoms. The maximum absolute atomic E-state index is 5.96. The number of pyridine rings is 1. The van der Waals surface area contributed by atoms with Crippen LogP contribution >= 0.6 is 0 Å². The standard InChI is InChI=1S/C20H29N3O/c1-20(2,16-23(3)4)15-21-13-17-9-5-6-11-19(17)24-14-18-10-7-8-12-22-18/h5-12,21H,13-16H2,1-4H3. The zero-order valence-corrected chi connectivity index (χ0v) is 15.2. The molecule has 2 rings (SSSR count). The molecule has 0 saturated heterocycles. The Kier molecular flexibility index (Phi) is 6.76. The van der Waals surface area contributed by atoms with E-state index in [1.54, 1.807) is 6.20 Å². The van der Waals surface area contributed by atoms with Gasteiger partial charge in [-0.3, -0.25) is 4.98 Å². The quantitative estimate of drug-likeness (QED) is 0.766. The monoisotopic (exact) mass is 327 g/mol. The van der Waals surface area contributed by atoms with Crippen molar-refractivity contribution in [1.82, 2.24) is 15.2 Å². The number of para-hydroxylation sites is 1. The van der Waals surface area contributed by atoms with Crippen molar-refractivity contribution in [1.29, 1.82) is 0 Å². The van der Waals surface area contributed by atoms with Crippen LogP contribution in [0.4, 0.5) is 0 Å². The Hall–Kier alpha value is -1.91. The van der Waals surface area contributed by atoms with Gasteiger partial charge in [-0.25, -0.2) is 0 Å². The van der Waals surface area contributed by atoms with Gasteiger partial charge in [0.2, 0.25) is 0 Å². The average Bonchev–Trinajstić information content (AvgIpc) is 2.53. The number of benzene rings is 1. The number of nitrogens with zero attached hydrogens (tertiary/aromatic N) is 2. The molecule has 0 bridgehead atoms. The average molecular weight is 327 g/mol. The van der Waals surface area contributed by atoms with Crippen LogP contribution in [0.3, 0.4) is 0 Å². The summed E-state index contributed by atoms with van der Waals surface area (Å²) in [4.78, 5) is 6.53. The maximum atomic E-state index is 5.96. The predicted octanol–water partition coefficient (Wildman–Crippen LogP) is 3.34. The van der Waals surface area contributed by atoms with E-state index >= 15 is 0 Å². The molecule has 130 valence electrons. The fraction of sp³-hybridized carbons (Fsp3) is 0.450. The summed E-state index contributed by atoms with van der Waals surface area (Å²) in [6.45, 7) is 7.86. The van der Waals surface area contributed by atoms with E-state index in [9.17, 15) is 0 Å². The van der Waals surface area contributed by atoms with E-state index in [-0.39, 0.29) is 5.41 Å². The lowest BCUT2D eigenvalue weighted by Gasteiger charge is -2.28. The summed E-state index contributed by atoms with van der Waals surface area (Å²) < 4.78 is 5.96. The Balaban J connectivity index is 1.89. The van der Waals surface area contributed by atoms with Crippen LogP contribution in [0.25, 0.3) is 0 Å². The highest BCUT2D eigenvalue weighted by Crippen LogP contribution is 2.20. The van der Waals surface area contributed by atoms with Crippen LogP contribution in [0, 0.1) is 5.41 Å². The van der Waals surface area contributed by atoms with Crippen molar-refractivity contribution < 1.29 is 4.74 Å². The zero-order valence-electron chi connectivity index (χ0n) is 15.2. The van der Waals surface area contributed by atoms with Crippen molar-refractivity contribution >= 4 is 0 Å². The Morgan fingerprint density at radius 2 is 1.83 bits per heavy atom. The molecule has 0 amide bonds. The molecule has 0 radical (unpaired) electrons. The fourth-order valence-corrected chi connectivity index (χ4v) is 2.87. The Bertz CT molecular complexity index is 611. The van der Waals surface area contributed by atoms with Crippen LogP contribution in [0.15, 0.2) is 48.7 Å². The minimum atomic E-state index is 0.229. The SMILES string of the molecule is CN(C)CC(C)(C)CNCc1ccccc1OCc1ccccn1. The van der Waals surface area contributed by atoms with Crippen LogP contribution in [0.5, 0.6) is 5.75 Å². The highest BCUT2D eigenvalue weighted by Gasteiger charge is 2.18. The summed E-state index contributed by atoms with van der Waals surface area (Å²) >= 11 is 0. The third-order valence-electron chi connectivity index (χ3n) is 3.74. The number of aromatic nitrogens is 1. The summed E-state index contributed by atoms with van der Waals surface area (Å²) in [7, 11) is 4.23. The molecule has 1 heterocycles. The molecule has 0 aliphatic heterocycles. The van der Waals surface area contributed by atoms with Crippen LogP contribution in [-0.2, 0) is 13.2 Å². The lowest BCUT2D eigenvalue weighted by atomic mass is 9.93. The summed E-state index contributed by atoms with van der Waals surface area (Å²) in [5.74, 6) is 0.918. The molecule has 2 aromatic rings. The molecule has 0 saturated carbocycles. The molecule has 4 heteroatoms. The van der Waals surface area contributed by atoms with Crippen LogP contribution in [0.2, 0.25) is 0 Å². The van der Waals surface area contributed by atoms with Crippen LogP contribution in [-0.4, -0.2) is 37.1 Å². The van der Waals surface area contributed by atoms with Crippen molar-refractivity contribution in [2.24, 2.45) is 5.41 Å². The first kappa shape index (κ1) is 18.4. The first-order valence-electron chi connectivity index (χ1n) is 8.42. The number of hydrogen-bond donors (Lipinski definition) is 1. The van der Waals surface area contributed by atoms with Crippen molar-refractivity contribution in [3.8, 4) is 5.75 Å². The third-order valence-corrected chi connectivity index (χ3v) is 3.74. The first-order valence-corrected chi connectivity index (χ1v) is 8.42. The minimum absolute atomic E-state index is 0.229. The minimum Gasteiger partial charge on any atom is -0.487 e. The predicted molar refractivity (Wildman–Crippen MR) is 99.1 cm³/mol. The third kappa shape index (κ3) is 6.30. The topological polar surface area (TPSA) is 37.4 Å². The molecular formula is C20H29N3O. The molecule has 0 unspecified atom stereocenters. The van der Waals surface area contributed by atoms with Gasteiger partial charge in [-0.1, -0.05) is 38.1 Å². The van der Waals surface area contributed by atoms with E-state index in [1.807, 2.05) is 30.3 Å². The van der Waals surface area contributed by atoms with E-state index in [4.69, 9.17) is 4.74 Å². The van der Waals surface area contributed by atoms with Gasteiger partial charge in [-0.05, 0) is 37.7 Å². The Morgan fingerprint density at radius 3 is 2.54 bits per heavy atom. The maximum Gasteiger partial charge on any atom is 0.130 e. The molecular weight excluding hydrogens is 298 g/mol. The molecule has 0 spiro atoms. The van der Waals surface area contributed by atoms with Gasteiger partial charge in [0.05, 0.1) is 5.69 Å². The van der Waals surface area contributed by atoms with Gasteiger partial charge in [0.1, 0.15) is 12.4 Å². The highest BCUT2D eigenvalue weighted by molar-refractivity contribution is 5.33. The van der Waals surface area contributed by atoms with E-state index in [2.05, 4.69) is 55.3 Å². The number of ether oxygens (including phenoxy) is 1. The molecule has 1 aromatic carbocycles. The van der Waals surface area contributed by atoms with Crippen LogP contribution < -0.4 is 10.1 Å². The summed E-state index contributed by atoms with van der Waals surface area (Å²) in [6, 6.07) is 14.1. The molecule has 0 atom stereocenters. The van der Waals surface area contributed by atoms with Gasteiger partial charge in [0.25, 0.3) is 0 Å². The van der Waals surface area contributed by atoms with Crippen molar-refractivity contribution in [2.45, 2.75) is 27.0 Å². The summed E-state index contributed by atoms with van der Waals surface area (Å²) in [6.07, 6.45) is 1.79. The van der Waals surface area contributed by atoms with Gasteiger partial charge in [-0.2, -0.15) is 0 Å². The van der Waals surface area contributed by atoms with Crippen LogP contribution in [0.1, 0.15) is 25.1 Å². The largest absolute Gasteiger partial charge is 0.487 e. The first-order chi connectivity index (χ1) is 11.5. The Labute approximate surface area is 145 Å². The van der Waals surface area contributed by atoms with E-state index < -0.39 is 0 Å². The van der Waals surface area contributed by atoms with Gasteiger partial charge in [0.15, 0.2) is 0 Å². The fourth-order valence-electron chi connectivity index (χ4n) is 2.87. The number of hydrogen-bond acceptors (Lipinski definition) is 4. The summed E-state index contributed by atoms with van der Waals surface area (Å²) in [5, 5.41) is 3.56. The zero-order chi connectivity index (χ0) is 17.4. The van der Waals surface area contributed by atoms with Crippen molar-refractivity contribution in [2.75, 3.05) is 27.2 Å². The smallest absolute Gasteiger partial charge is 0.130 e. The molecule has 1 aromatic heterocycles. The lowest BCUT2D eigenvalue weighted by molar-refractivity contribution is 0.231. The van der Waals surface area contributed by atoms with Crippen molar-refractivity contribution in [3.05, 3.63) is 59.9 Å². The molecule has 4 nitrogen and oxygen atoms in total. The second-order valence-corrected chi connectivity index (χ2v) is 7.22. The van der Waals surface area contributed by atoms with Crippen molar-refractivity contribution in [3.63, 3.8) is 0 Å². The molecule has 0 aliphatic carbocycles.